The van der Waals surface area contributed by atoms with Crippen molar-refractivity contribution < 1.29 is 4.79 Å². The first kappa shape index (κ1) is 19.9. The third-order valence-corrected chi connectivity index (χ3v) is 8.33. The Bertz CT molecular complexity index is 1080. The molecule has 30 heavy (non-hydrogen) atoms. The molecule has 0 aromatic carbocycles. The molecule has 0 spiro atoms. The lowest BCUT2D eigenvalue weighted by Gasteiger charge is -2.27. The van der Waals surface area contributed by atoms with Gasteiger partial charge in [0, 0.05) is 22.8 Å². The summed E-state index contributed by atoms with van der Waals surface area (Å²) in [6, 6.07) is 2.14. The van der Waals surface area contributed by atoms with E-state index in [1.807, 2.05) is 4.90 Å². The summed E-state index contributed by atoms with van der Waals surface area (Å²) in [5.74, 6) is 1.78. The maximum absolute atomic E-state index is 12.9. The molecule has 5 heterocycles. The number of aryl methyl sites for hydroxylation is 2. The van der Waals surface area contributed by atoms with Gasteiger partial charge in [0.15, 0.2) is 0 Å². The zero-order valence-corrected chi connectivity index (χ0v) is 19.2. The standard InChI is InChI=1S/C22H27N5OS2/c1-14-15(2)30-22-20(14)21(24-18(25-22)13-26-7-3-4-8-26)23-11-19(28)27-9-5-17-16(12-27)6-10-29-17/h6,10H,3-5,7-9,11-13H2,1-2H3,(H,23,24,25). The normalized spacial score (nSPS) is 16.9. The summed E-state index contributed by atoms with van der Waals surface area (Å²) in [5.41, 5.74) is 2.50. The Morgan fingerprint density at radius 2 is 2.03 bits per heavy atom. The van der Waals surface area contributed by atoms with Crippen LogP contribution in [0.15, 0.2) is 11.4 Å². The van der Waals surface area contributed by atoms with Crippen molar-refractivity contribution in [3.8, 4) is 0 Å². The van der Waals surface area contributed by atoms with Crippen LogP contribution < -0.4 is 5.32 Å². The van der Waals surface area contributed by atoms with Gasteiger partial charge in [0.25, 0.3) is 0 Å². The van der Waals surface area contributed by atoms with Crippen molar-refractivity contribution in [2.75, 3.05) is 31.5 Å². The van der Waals surface area contributed by atoms with Gasteiger partial charge in [0.1, 0.15) is 16.5 Å². The maximum atomic E-state index is 12.9. The fraction of sp³-hybridized carbons (Fsp3) is 0.500. The number of carbonyl (C=O) groups excluding carboxylic acids is 1. The molecule has 1 saturated heterocycles. The highest BCUT2D eigenvalue weighted by Gasteiger charge is 2.23. The van der Waals surface area contributed by atoms with Gasteiger partial charge in [0.05, 0.1) is 18.5 Å². The fourth-order valence-electron chi connectivity index (χ4n) is 4.37. The number of fused-ring (bicyclic) bond motifs is 2. The molecule has 0 bridgehead atoms. The van der Waals surface area contributed by atoms with E-state index in [1.165, 1.54) is 33.7 Å². The Balaban J connectivity index is 1.35. The highest BCUT2D eigenvalue weighted by atomic mass is 32.1. The third kappa shape index (κ3) is 3.84. The number of rotatable bonds is 5. The second-order valence-corrected chi connectivity index (χ2v) is 10.4. The van der Waals surface area contributed by atoms with E-state index in [9.17, 15) is 4.79 Å². The summed E-state index contributed by atoms with van der Waals surface area (Å²) in [4.78, 5) is 30.7. The smallest absolute Gasteiger partial charge is 0.242 e. The second kappa shape index (κ2) is 8.24. The van der Waals surface area contributed by atoms with Crippen LogP contribution in [0.5, 0.6) is 0 Å². The van der Waals surface area contributed by atoms with Crippen LogP contribution in [0.25, 0.3) is 10.2 Å². The predicted molar refractivity (Wildman–Crippen MR) is 123 cm³/mol. The maximum Gasteiger partial charge on any atom is 0.242 e. The summed E-state index contributed by atoms with van der Waals surface area (Å²) in [6.07, 6.45) is 3.46. The number of nitrogens with one attached hydrogen (secondary N) is 1. The molecule has 2 aliphatic heterocycles. The predicted octanol–water partition coefficient (Wildman–Crippen LogP) is 3.96. The molecular weight excluding hydrogens is 414 g/mol. The molecular formula is C22H27N5OS2. The number of anilines is 1. The summed E-state index contributed by atoms with van der Waals surface area (Å²) in [7, 11) is 0. The molecule has 2 aliphatic rings. The molecule has 8 heteroatoms. The van der Waals surface area contributed by atoms with E-state index < -0.39 is 0 Å². The van der Waals surface area contributed by atoms with E-state index >= 15 is 0 Å². The molecule has 6 nitrogen and oxygen atoms in total. The first-order valence-corrected chi connectivity index (χ1v) is 12.3. The number of thiophene rings is 2. The molecule has 0 atom stereocenters. The highest BCUT2D eigenvalue weighted by Crippen LogP contribution is 2.33. The molecule has 158 valence electrons. The van der Waals surface area contributed by atoms with Gasteiger partial charge in [-0.3, -0.25) is 9.69 Å². The quantitative estimate of drug-likeness (QED) is 0.649. The molecule has 5 rings (SSSR count). The monoisotopic (exact) mass is 441 g/mol. The summed E-state index contributed by atoms with van der Waals surface area (Å²) < 4.78 is 0. The van der Waals surface area contributed by atoms with Crippen molar-refractivity contribution in [2.24, 2.45) is 0 Å². The van der Waals surface area contributed by atoms with E-state index in [2.05, 4.69) is 35.5 Å². The Morgan fingerprint density at radius 1 is 1.20 bits per heavy atom. The summed E-state index contributed by atoms with van der Waals surface area (Å²) in [5, 5.41) is 6.56. The number of carbonyl (C=O) groups is 1. The number of aromatic nitrogens is 2. The molecule has 0 unspecified atom stereocenters. The van der Waals surface area contributed by atoms with Crippen LogP contribution >= 0.6 is 22.7 Å². The van der Waals surface area contributed by atoms with Crippen LogP contribution in [-0.2, 0) is 24.3 Å². The molecule has 3 aromatic heterocycles. The van der Waals surface area contributed by atoms with Gasteiger partial charge in [-0.25, -0.2) is 9.97 Å². The van der Waals surface area contributed by atoms with E-state index in [4.69, 9.17) is 9.97 Å². The number of nitrogens with zero attached hydrogens (tertiary/aromatic N) is 4. The van der Waals surface area contributed by atoms with Crippen molar-refractivity contribution >= 4 is 44.6 Å². The molecule has 1 amide bonds. The van der Waals surface area contributed by atoms with Crippen molar-refractivity contribution in [3.63, 3.8) is 0 Å². The Morgan fingerprint density at radius 3 is 2.87 bits per heavy atom. The highest BCUT2D eigenvalue weighted by molar-refractivity contribution is 7.18. The second-order valence-electron chi connectivity index (χ2n) is 8.22. The van der Waals surface area contributed by atoms with Crippen LogP contribution in [0.2, 0.25) is 0 Å². The molecule has 3 aromatic rings. The molecule has 0 saturated carbocycles. The number of likely N-dealkylation sites (tertiary alicyclic amines) is 1. The summed E-state index contributed by atoms with van der Waals surface area (Å²) >= 11 is 3.51. The first-order valence-electron chi connectivity index (χ1n) is 10.6. The van der Waals surface area contributed by atoms with Gasteiger partial charge in [-0.05, 0) is 68.8 Å². The van der Waals surface area contributed by atoms with E-state index in [0.717, 1.165) is 61.0 Å². The van der Waals surface area contributed by atoms with E-state index in [-0.39, 0.29) is 12.5 Å². The number of hydrogen-bond acceptors (Lipinski definition) is 7. The number of amides is 1. The average Bonchev–Trinajstić information content (AvgIpc) is 3.47. The van der Waals surface area contributed by atoms with Gasteiger partial charge in [-0.1, -0.05) is 0 Å². The van der Waals surface area contributed by atoms with Crippen molar-refractivity contribution in [1.29, 1.82) is 0 Å². The van der Waals surface area contributed by atoms with Crippen LogP contribution in [0.3, 0.4) is 0 Å². The largest absolute Gasteiger partial charge is 0.360 e. The summed E-state index contributed by atoms with van der Waals surface area (Å²) in [6.45, 7) is 9.04. The Labute approximate surface area is 184 Å². The molecule has 0 aliphatic carbocycles. The molecule has 1 N–H and O–H groups in total. The molecule has 1 fully saturated rings. The first-order chi connectivity index (χ1) is 14.6. The zero-order valence-electron chi connectivity index (χ0n) is 17.5. The SMILES string of the molecule is Cc1sc2nc(CN3CCCC3)nc(NCC(=O)N3CCc4sccc4C3)c2c1C. The Hall–Kier alpha value is -2.03. The minimum Gasteiger partial charge on any atom is -0.360 e. The van der Waals surface area contributed by atoms with Gasteiger partial charge in [-0.2, -0.15) is 0 Å². The minimum atomic E-state index is 0.129. The Kier molecular flexibility index (Phi) is 5.47. The van der Waals surface area contributed by atoms with Crippen LogP contribution in [0.1, 0.15) is 39.5 Å². The van der Waals surface area contributed by atoms with Crippen molar-refractivity contribution in [1.82, 2.24) is 19.8 Å². The number of hydrogen-bond donors (Lipinski definition) is 1. The van der Waals surface area contributed by atoms with Crippen LogP contribution in [0, 0.1) is 13.8 Å². The van der Waals surface area contributed by atoms with Gasteiger partial charge < -0.3 is 10.2 Å². The third-order valence-electron chi connectivity index (χ3n) is 6.21. The minimum absolute atomic E-state index is 0.129. The van der Waals surface area contributed by atoms with Crippen LogP contribution in [0.4, 0.5) is 5.82 Å². The van der Waals surface area contributed by atoms with Gasteiger partial charge in [-0.15, -0.1) is 22.7 Å². The average molecular weight is 442 g/mol. The topological polar surface area (TPSA) is 61.4 Å². The van der Waals surface area contributed by atoms with Gasteiger partial charge >= 0.3 is 0 Å². The van der Waals surface area contributed by atoms with E-state index in [0.29, 0.717) is 0 Å². The lowest BCUT2D eigenvalue weighted by Crippen LogP contribution is -2.39. The lowest BCUT2D eigenvalue weighted by molar-refractivity contribution is -0.130. The van der Waals surface area contributed by atoms with Gasteiger partial charge in [0.2, 0.25) is 5.91 Å². The van der Waals surface area contributed by atoms with Crippen molar-refractivity contribution in [2.45, 2.75) is 46.2 Å². The molecule has 0 radical (unpaired) electrons. The van der Waals surface area contributed by atoms with Crippen LogP contribution in [-0.4, -0.2) is 51.9 Å². The fourth-order valence-corrected chi connectivity index (χ4v) is 6.30. The lowest BCUT2D eigenvalue weighted by atomic mass is 10.1. The zero-order chi connectivity index (χ0) is 20.7. The van der Waals surface area contributed by atoms with Crippen molar-refractivity contribution in [3.05, 3.63) is 38.2 Å². The van der Waals surface area contributed by atoms with E-state index in [1.54, 1.807) is 22.7 Å².